The molecule has 4 aliphatic carbocycles. The van der Waals surface area contributed by atoms with Crippen LogP contribution in [-0.2, 0) is 4.79 Å². The van der Waals surface area contributed by atoms with Gasteiger partial charge in [0.15, 0.2) is 0 Å². The summed E-state index contributed by atoms with van der Waals surface area (Å²) in [5.41, 5.74) is 0.452. The van der Waals surface area contributed by atoms with Gasteiger partial charge in [-0.3, -0.25) is 4.79 Å². The summed E-state index contributed by atoms with van der Waals surface area (Å²) < 4.78 is 0. The van der Waals surface area contributed by atoms with Gasteiger partial charge in [0, 0.05) is 11.8 Å². The van der Waals surface area contributed by atoms with Gasteiger partial charge in [0.2, 0.25) is 0 Å². The van der Waals surface area contributed by atoms with Crippen LogP contribution in [0, 0.1) is 34.5 Å². The first-order valence-corrected chi connectivity index (χ1v) is 9.16. The van der Waals surface area contributed by atoms with Gasteiger partial charge in [0.1, 0.15) is 5.78 Å². The van der Waals surface area contributed by atoms with Crippen LogP contribution in [0.5, 0.6) is 0 Å². The molecule has 21 heavy (non-hydrogen) atoms. The lowest BCUT2D eigenvalue weighted by atomic mass is 9.45. The van der Waals surface area contributed by atoms with Crippen LogP contribution < -0.4 is 0 Å². The number of carbonyl (C=O) groups is 1. The number of rotatable bonds is 0. The number of carbonyl (C=O) groups excluding carboxylic acids is 1. The van der Waals surface area contributed by atoms with Crippen molar-refractivity contribution in [3.63, 3.8) is 0 Å². The zero-order chi connectivity index (χ0) is 14.8. The molecule has 0 spiro atoms. The molecule has 4 saturated carbocycles. The summed E-state index contributed by atoms with van der Waals surface area (Å²) in [6, 6.07) is 0. The molecule has 4 fully saturated rings. The monoisotopic (exact) mass is 290 g/mol. The average Bonchev–Trinajstić information content (AvgIpc) is 2.76. The highest BCUT2D eigenvalue weighted by atomic mass is 16.3. The fourth-order valence-electron chi connectivity index (χ4n) is 7.01. The molecule has 118 valence electrons. The molecule has 0 aliphatic heterocycles. The zero-order valence-corrected chi connectivity index (χ0v) is 13.6. The van der Waals surface area contributed by atoms with Crippen LogP contribution in [0.1, 0.15) is 71.6 Å². The van der Waals surface area contributed by atoms with Crippen molar-refractivity contribution < 1.29 is 9.90 Å². The molecule has 0 aromatic heterocycles. The van der Waals surface area contributed by atoms with Gasteiger partial charge in [-0.1, -0.05) is 13.8 Å². The number of fused-ring (bicyclic) bond motifs is 5. The number of aliphatic hydroxyl groups is 1. The van der Waals surface area contributed by atoms with Gasteiger partial charge in [-0.15, -0.1) is 0 Å². The largest absolute Gasteiger partial charge is 0.393 e. The molecule has 4 aliphatic rings. The van der Waals surface area contributed by atoms with Crippen molar-refractivity contribution >= 4 is 5.78 Å². The number of hydrogen-bond acceptors (Lipinski definition) is 2. The third kappa shape index (κ3) is 1.84. The van der Waals surface area contributed by atoms with Gasteiger partial charge in [0.25, 0.3) is 0 Å². The maximum Gasteiger partial charge on any atom is 0.139 e. The molecule has 0 unspecified atom stereocenters. The number of hydrogen-bond donors (Lipinski definition) is 1. The molecule has 4 rings (SSSR count). The Kier molecular flexibility index (Phi) is 3.10. The highest BCUT2D eigenvalue weighted by Crippen LogP contribution is 2.65. The molecule has 2 nitrogen and oxygen atoms in total. The Morgan fingerprint density at radius 1 is 1.00 bits per heavy atom. The molecule has 7 atom stereocenters. The lowest BCUT2D eigenvalue weighted by molar-refractivity contribution is -0.142. The molecule has 0 heterocycles. The Balaban J connectivity index is 1.64. The summed E-state index contributed by atoms with van der Waals surface area (Å²) in [5, 5.41) is 10.0. The van der Waals surface area contributed by atoms with E-state index in [1.807, 2.05) is 0 Å². The fraction of sp³-hybridized carbons (Fsp3) is 0.947. The summed E-state index contributed by atoms with van der Waals surface area (Å²) in [7, 11) is 0. The number of Topliss-reactive ketones (excluding diaryl/α,β-unsaturated/α-hetero) is 1. The maximum atomic E-state index is 12.4. The van der Waals surface area contributed by atoms with Crippen molar-refractivity contribution in [3.8, 4) is 0 Å². The van der Waals surface area contributed by atoms with E-state index in [4.69, 9.17) is 0 Å². The molecule has 0 radical (unpaired) electrons. The van der Waals surface area contributed by atoms with E-state index in [2.05, 4.69) is 13.8 Å². The fourth-order valence-corrected chi connectivity index (χ4v) is 7.01. The maximum absolute atomic E-state index is 12.4. The summed E-state index contributed by atoms with van der Waals surface area (Å²) in [4.78, 5) is 12.4. The Bertz CT molecular complexity index is 458. The van der Waals surface area contributed by atoms with E-state index >= 15 is 0 Å². The highest BCUT2D eigenvalue weighted by molar-refractivity contribution is 5.87. The smallest absolute Gasteiger partial charge is 0.139 e. The van der Waals surface area contributed by atoms with E-state index in [1.54, 1.807) is 0 Å². The molecule has 0 aromatic rings. The normalized spacial score (nSPS) is 56.5. The average molecular weight is 290 g/mol. The third-order valence-corrected chi connectivity index (χ3v) is 8.35. The van der Waals surface area contributed by atoms with E-state index in [-0.39, 0.29) is 11.5 Å². The van der Waals surface area contributed by atoms with Crippen LogP contribution in [0.3, 0.4) is 0 Å². The minimum absolute atomic E-state index is 0.0124. The summed E-state index contributed by atoms with van der Waals surface area (Å²) in [5.74, 6) is 3.54. The Morgan fingerprint density at radius 2 is 1.81 bits per heavy atom. The van der Waals surface area contributed by atoms with Crippen molar-refractivity contribution in [1.82, 2.24) is 0 Å². The molecule has 0 amide bonds. The molecule has 2 heteroatoms. The first kappa shape index (κ1) is 14.2. The molecule has 0 saturated heterocycles. The second-order valence-corrected chi connectivity index (χ2v) is 9.00. The quantitative estimate of drug-likeness (QED) is 0.733. The summed E-state index contributed by atoms with van der Waals surface area (Å²) >= 11 is 0. The number of aliphatic hydroxyl groups excluding tert-OH is 1. The molecule has 0 aromatic carbocycles. The van der Waals surface area contributed by atoms with E-state index in [9.17, 15) is 9.90 Å². The van der Waals surface area contributed by atoms with Gasteiger partial charge < -0.3 is 5.11 Å². The van der Waals surface area contributed by atoms with Gasteiger partial charge in [0.05, 0.1) is 6.10 Å². The van der Waals surface area contributed by atoms with Crippen LogP contribution in [0.15, 0.2) is 0 Å². The minimum atomic E-state index is -0.0541. The second kappa shape index (κ2) is 4.57. The predicted molar refractivity (Wildman–Crippen MR) is 82.7 cm³/mol. The van der Waals surface area contributed by atoms with Crippen molar-refractivity contribution in [2.24, 2.45) is 34.5 Å². The summed E-state index contributed by atoms with van der Waals surface area (Å²) in [6.07, 6.45) is 10.1. The SMILES string of the molecule is C[C@]12CC[C@@H](O)C[C@@H]1CC[C@H]1[C@H]2CC[C@]2(C)C(=O)CC[C@@H]12. The first-order chi connectivity index (χ1) is 9.95. The molecule has 1 N–H and O–H groups in total. The van der Waals surface area contributed by atoms with Crippen molar-refractivity contribution in [1.29, 1.82) is 0 Å². The van der Waals surface area contributed by atoms with Crippen LogP contribution in [0.25, 0.3) is 0 Å². The van der Waals surface area contributed by atoms with E-state index < -0.39 is 0 Å². The second-order valence-electron chi connectivity index (χ2n) is 9.00. The minimum Gasteiger partial charge on any atom is -0.393 e. The Hall–Kier alpha value is -0.370. The lowest BCUT2D eigenvalue weighted by Gasteiger charge is -2.60. The van der Waals surface area contributed by atoms with Crippen molar-refractivity contribution in [3.05, 3.63) is 0 Å². The predicted octanol–water partition coefficient (Wildman–Crippen LogP) is 3.96. The number of ketones is 1. The van der Waals surface area contributed by atoms with E-state index in [0.29, 0.717) is 17.1 Å². The standard InChI is InChI=1S/C19H30O2/c1-18-9-7-13(20)11-12(18)3-4-14-15-5-6-17(21)19(15,2)10-8-16(14)18/h12-16,20H,3-11H2,1-2H3/t12-,13+,14+,15-,16+,18-,19-/m0/s1. The van der Waals surface area contributed by atoms with Gasteiger partial charge >= 0.3 is 0 Å². The van der Waals surface area contributed by atoms with Crippen molar-refractivity contribution in [2.45, 2.75) is 77.7 Å². The van der Waals surface area contributed by atoms with Gasteiger partial charge in [-0.25, -0.2) is 0 Å². The first-order valence-electron chi connectivity index (χ1n) is 9.16. The molecule has 0 bridgehead atoms. The van der Waals surface area contributed by atoms with Gasteiger partial charge in [-0.2, -0.15) is 0 Å². The van der Waals surface area contributed by atoms with E-state index in [1.165, 1.54) is 25.7 Å². The zero-order valence-electron chi connectivity index (χ0n) is 13.6. The van der Waals surface area contributed by atoms with Crippen molar-refractivity contribution in [2.75, 3.05) is 0 Å². The van der Waals surface area contributed by atoms with Gasteiger partial charge in [-0.05, 0) is 80.5 Å². The Labute approximate surface area is 128 Å². The lowest BCUT2D eigenvalue weighted by Crippen LogP contribution is -2.54. The van der Waals surface area contributed by atoms with Crippen LogP contribution in [-0.4, -0.2) is 17.0 Å². The Morgan fingerprint density at radius 3 is 2.62 bits per heavy atom. The highest BCUT2D eigenvalue weighted by Gasteiger charge is 2.60. The molecular weight excluding hydrogens is 260 g/mol. The van der Waals surface area contributed by atoms with Crippen LogP contribution in [0.2, 0.25) is 0 Å². The van der Waals surface area contributed by atoms with E-state index in [0.717, 1.165) is 49.9 Å². The van der Waals surface area contributed by atoms with Crippen LogP contribution >= 0.6 is 0 Å². The van der Waals surface area contributed by atoms with Crippen LogP contribution in [0.4, 0.5) is 0 Å². The third-order valence-electron chi connectivity index (χ3n) is 8.35. The topological polar surface area (TPSA) is 37.3 Å². The molecular formula is C19H30O2. The summed E-state index contributed by atoms with van der Waals surface area (Å²) in [6.45, 7) is 4.78.